The van der Waals surface area contributed by atoms with Crippen LogP contribution in [0.3, 0.4) is 0 Å². The van der Waals surface area contributed by atoms with Gasteiger partial charge in [0.15, 0.2) is 0 Å². The van der Waals surface area contributed by atoms with Gasteiger partial charge in [0.25, 0.3) is 0 Å². The summed E-state index contributed by atoms with van der Waals surface area (Å²) in [7, 11) is -3.47. The number of halogens is 2. The minimum atomic E-state index is -3.47. The smallest absolute Gasteiger partial charge is 0.148 e. The molecule has 6 nitrogen and oxygen atoms in total. The standard InChI is InChI=1S/C15H19F2N3O3S/c1-14(2,8-24(3,22)23)15(21,7-20-10-18-9-19-20)12-5-4-11(16)6-13(12)17/h4-6,9-10,21H,7-8H2,1-3H3. The molecule has 0 saturated heterocycles. The molecule has 0 bridgehead atoms. The quantitative estimate of drug-likeness (QED) is 0.845. The van der Waals surface area contributed by atoms with Crippen molar-refractivity contribution in [2.24, 2.45) is 5.41 Å². The Bertz CT molecular complexity index is 822. The summed E-state index contributed by atoms with van der Waals surface area (Å²) in [5.41, 5.74) is -3.44. The van der Waals surface area contributed by atoms with Crippen molar-refractivity contribution in [1.82, 2.24) is 14.8 Å². The molecule has 0 radical (unpaired) electrons. The summed E-state index contributed by atoms with van der Waals surface area (Å²) in [4.78, 5) is 3.76. The molecular formula is C15H19F2N3O3S. The molecule has 1 aromatic heterocycles. The van der Waals surface area contributed by atoms with E-state index in [2.05, 4.69) is 10.1 Å². The topological polar surface area (TPSA) is 85.1 Å². The van der Waals surface area contributed by atoms with Crippen molar-refractivity contribution >= 4 is 9.84 Å². The molecule has 132 valence electrons. The van der Waals surface area contributed by atoms with Crippen LogP contribution in [0.15, 0.2) is 30.9 Å². The average Bonchev–Trinajstić information content (AvgIpc) is 2.88. The van der Waals surface area contributed by atoms with Crippen LogP contribution in [-0.2, 0) is 22.0 Å². The lowest BCUT2D eigenvalue weighted by Crippen LogP contribution is -2.49. The van der Waals surface area contributed by atoms with Crippen LogP contribution in [0.25, 0.3) is 0 Å². The van der Waals surface area contributed by atoms with E-state index in [4.69, 9.17) is 0 Å². The number of aromatic nitrogens is 3. The lowest BCUT2D eigenvalue weighted by Gasteiger charge is -2.42. The molecule has 0 amide bonds. The Morgan fingerprint density at radius 2 is 1.96 bits per heavy atom. The van der Waals surface area contributed by atoms with Crippen LogP contribution in [-0.4, -0.2) is 40.3 Å². The van der Waals surface area contributed by atoms with E-state index in [9.17, 15) is 22.3 Å². The Kier molecular flexibility index (Phi) is 4.78. The Morgan fingerprint density at radius 3 is 2.46 bits per heavy atom. The van der Waals surface area contributed by atoms with Gasteiger partial charge in [-0.05, 0) is 6.07 Å². The lowest BCUT2D eigenvalue weighted by molar-refractivity contribution is -0.0811. The van der Waals surface area contributed by atoms with E-state index in [-0.39, 0.29) is 12.1 Å². The van der Waals surface area contributed by atoms with Gasteiger partial charge in [0.05, 0.1) is 12.3 Å². The van der Waals surface area contributed by atoms with E-state index in [1.165, 1.54) is 31.2 Å². The van der Waals surface area contributed by atoms with Crippen LogP contribution in [0.2, 0.25) is 0 Å². The van der Waals surface area contributed by atoms with E-state index >= 15 is 0 Å². The molecule has 9 heteroatoms. The molecule has 0 aliphatic rings. The minimum absolute atomic E-state index is 0.201. The van der Waals surface area contributed by atoms with Crippen molar-refractivity contribution in [3.63, 3.8) is 0 Å². The molecule has 1 N–H and O–H groups in total. The molecule has 2 aromatic rings. The van der Waals surface area contributed by atoms with Crippen LogP contribution in [0.4, 0.5) is 8.78 Å². The third-order valence-corrected chi connectivity index (χ3v) is 5.22. The Morgan fingerprint density at radius 1 is 1.29 bits per heavy atom. The molecule has 24 heavy (non-hydrogen) atoms. The van der Waals surface area contributed by atoms with Gasteiger partial charge in [0.2, 0.25) is 0 Å². The highest BCUT2D eigenvalue weighted by Gasteiger charge is 2.48. The largest absolute Gasteiger partial charge is 0.383 e. The second kappa shape index (κ2) is 6.21. The number of hydrogen-bond donors (Lipinski definition) is 1. The van der Waals surface area contributed by atoms with Gasteiger partial charge in [-0.25, -0.2) is 26.9 Å². The first-order chi connectivity index (χ1) is 10.9. The maximum Gasteiger partial charge on any atom is 0.148 e. The highest BCUT2D eigenvalue weighted by molar-refractivity contribution is 7.90. The van der Waals surface area contributed by atoms with Gasteiger partial charge in [-0.15, -0.1) is 0 Å². The number of hydrogen-bond acceptors (Lipinski definition) is 5. The molecule has 0 spiro atoms. The van der Waals surface area contributed by atoms with Crippen LogP contribution in [0.5, 0.6) is 0 Å². The van der Waals surface area contributed by atoms with E-state index in [1.54, 1.807) is 0 Å². The summed E-state index contributed by atoms with van der Waals surface area (Å²) < 4.78 is 52.4. The zero-order valence-electron chi connectivity index (χ0n) is 13.6. The summed E-state index contributed by atoms with van der Waals surface area (Å²) >= 11 is 0. The van der Waals surface area contributed by atoms with Gasteiger partial charge in [0, 0.05) is 23.3 Å². The fraction of sp³-hybridized carbons (Fsp3) is 0.467. The van der Waals surface area contributed by atoms with Crippen molar-refractivity contribution in [3.05, 3.63) is 48.1 Å². The van der Waals surface area contributed by atoms with Crippen molar-refractivity contribution in [1.29, 1.82) is 0 Å². The van der Waals surface area contributed by atoms with E-state index < -0.39 is 38.2 Å². The fourth-order valence-corrected chi connectivity index (χ4v) is 4.36. The molecule has 1 heterocycles. The lowest BCUT2D eigenvalue weighted by atomic mass is 9.71. The van der Waals surface area contributed by atoms with Gasteiger partial charge in [-0.3, -0.25) is 0 Å². The number of sulfone groups is 1. The maximum absolute atomic E-state index is 14.3. The molecule has 1 aromatic carbocycles. The number of aliphatic hydroxyl groups is 1. The first-order valence-corrected chi connectivity index (χ1v) is 9.19. The molecular weight excluding hydrogens is 340 g/mol. The third kappa shape index (κ3) is 3.78. The summed E-state index contributed by atoms with van der Waals surface area (Å²) in [5.74, 6) is -2.15. The van der Waals surface area contributed by atoms with E-state index in [0.29, 0.717) is 6.07 Å². The fourth-order valence-electron chi connectivity index (χ4n) is 2.81. The Labute approximate surface area is 139 Å². The zero-order valence-corrected chi connectivity index (χ0v) is 14.4. The van der Waals surface area contributed by atoms with Crippen LogP contribution in [0.1, 0.15) is 19.4 Å². The normalized spacial score (nSPS) is 15.2. The molecule has 2 rings (SSSR count). The SMILES string of the molecule is CC(C)(CS(C)(=O)=O)C(O)(Cn1cncn1)c1ccc(F)cc1F. The van der Waals surface area contributed by atoms with Crippen molar-refractivity contribution in [2.45, 2.75) is 26.0 Å². The summed E-state index contributed by atoms with van der Waals surface area (Å²) in [6, 6.07) is 2.78. The van der Waals surface area contributed by atoms with E-state index in [0.717, 1.165) is 18.4 Å². The highest BCUT2D eigenvalue weighted by Crippen LogP contribution is 2.43. The minimum Gasteiger partial charge on any atom is -0.383 e. The average molecular weight is 359 g/mol. The van der Waals surface area contributed by atoms with Crippen molar-refractivity contribution < 1.29 is 22.3 Å². The second-order valence-corrected chi connectivity index (χ2v) is 8.67. The zero-order chi connectivity index (χ0) is 18.2. The van der Waals surface area contributed by atoms with Crippen LogP contribution in [0, 0.1) is 17.0 Å². The van der Waals surface area contributed by atoms with Gasteiger partial charge in [-0.2, -0.15) is 5.10 Å². The maximum atomic E-state index is 14.3. The summed E-state index contributed by atoms with van der Waals surface area (Å²) in [6.45, 7) is 2.78. The van der Waals surface area contributed by atoms with Gasteiger partial charge >= 0.3 is 0 Å². The molecule has 0 aliphatic heterocycles. The first-order valence-electron chi connectivity index (χ1n) is 7.13. The molecule has 1 unspecified atom stereocenters. The van der Waals surface area contributed by atoms with Gasteiger partial charge < -0.3 is 5.11 Å². The van der Waals surface area contributed by atoms with Gasteiger partial charge in [0.1, 0.15) is 39.7 Å². The molecule has 0 saturated carbocycles. The van der Waals surface area contributed by atoms with Crippen LogP contribution < -0.4 is 0 Å². The first kappa shape index (κ1) is 18.5. The monoisotopic (exact) mass is 359 g/mol. The number of rotatable bonds is 6. The third-order valence-electron chi connectivity index (χ3n) is 3.98. The number of benzene rings is 1. The molecule has 0 fully saturated rings. The second-order valence-electron chi connectivity index (χ2n) is 6.53. The summed E-state index contributed by atoms with van der Waals surface area (Å²) in [5, 5.41) is 15.2. The predicted molar refractivity (Wildman–Crippen MR) is 83.8 cm³/mol. The Balaban J connectivity index is 2.60. The Hall–Kier alpha value is -1.87. The van der Waals surface area contributed by atoms with Crippen LogP contribution >= 0.6 is 0 Å². The summed E-state index contributed by atoms with van der Waals surface area (Å²) in [6.07, 6.45) is 3.60. The van der Waals surface area contributed by atoms with Gasteiger partial charge in [-0.1, -0.05) is 19.9 Å². The van der Waals surface area contributed by atoms with E-state index in [1.807, 2.05) is 0 Å². The highest BCUT2D eigenvalue weighted by atomic mass is 32.2. The number of nitrogens with zero attached hydrogens (tertiary/aromatic N) is 3. The predicted octanol–water partition coefficient (Wildman–Crippen LogP) is 1.51. The van der Waals surface area contributed by atoms with Crippen molar-refractivity contribution in [3.8, 4) is 0 Å². The van der Waals surface area contributed by atoms with Crippen molar-refractivity contribution in [2.75, 3.05) is 12.0 Å². The molecule has 0 aliphatic carbocycles. The molecule has 1 atom stereocenters.